The van der Waals surface area contributed by atoms with Gasteiger partial charge in [0.1, 0.15) is 12.4 Å². The molecule has 0 aromatic rings. The van der Waals surface area contributed by atoms with Gasteiger partial charge in [0.2, 0.25) is 0 Å². The minimum absolute atomic E-state index is 0.0743. The average Bonchev–Trinajstić information content (AvgIpc) is 2.67. The zero-order valence-electron chi connectivity index (χ0n) is 15.1. The number of aliphatic hydroxyl groups is 1. The second-order valence-electron chi connectivity index (χ2n) is 8.75. The lowest BCUT2D eigenvalue weighted by Gasteiger charge is -2.58. The molecule has 1 heterocycles. The molecule has 24 heavy (non-hydrogen) atoms. The van der Waals surface area contributed by atoms with E-state index >= 15 is 0 Å². The fourth-order valence-electron chi connectivity index (χ4n) is 5.73. The van der Waals surface area contributed by atoms with Gasteiger partial charge in [-0.15, -0.1) is 0 Å². The Hall–Kier alpha value is -0.970. The summed E-state index contributed by atoms with van der Waals surface area (Å²) in [6.45, 7) is 11.4. The van der Waals surface area contributed by atoms with Gasteiger partial charge < -0.3 is 5.11 Å². The van der Waals surface area contributed by atoms with E-state index < -0.39 is 6.29 Å². The first-order chi connectivity index (χ1) is 11.3. The van der Waals surface area contributed by atoms with Crippen molar-refractivity contribution in [1.29, 1.82) is 0 Å². The van der Waals surface area contributed by atoms with E-state index in [9.17, 15) is 9.90 Å². The number of hydrogen-bond donors (Lipinski definition) is 1. The summed E-state index contributed by atoms with van der Waals surface area (Å²) in [7, 11) is 0. The highest BCUT2D eigenvalue weighted by Crippen LogP contribution is 2.62. The molecule has 4 nitrogen and oxygen atoms in total. The SMILES string of the molecule is C=C1CC[C@H]2C(C)(C)CCC[C@]2(C)[C@H]1[C@@H]1C=C(C=O)C[C@H](O)OO1. The van der Waals surface area contributed by atoms with Crippen LogP contribution in [-0.4, -0.2) is 23.8 Å². The minimum Gasteiger partial charge on any atom is -0.365 e. The molecule has 0 bridgehead atoms. The van der Waals surface area contributed by atoms with E-state index in [2.05, 4.69) is 27.4 Å². The lowest BCUT2D eigenvalue weighted by molar-refractivity contribution is -0.389. The van der Waals surface area contributed by atoms with Crippen molar-refractivity contribution in [2.75, 3.05) is 0 Å². The summed E-state index contributed by atoms with van der Waals surface area (Å²) in [5.74, 6) is 0.704. The van der Waals surface area contributed by atoms with Gasteiger partial charge in [0, 0.05) is 12.3 Å². The molecule has 5 atom stereocenters. The van der Waals surface area contributed by atoms with E-state index in [0.29, 0.717) is 16.9 Å². The number of hydrogen-bond acceptors (Lipinski definition) is 4. The van der Waals surface area contributed by atoms with E-state index in [1.165, 1.54) is 24.8 Å². The summed E-state index contributed by atoms with van der Waals surface area (Å²) >= 11 is 0. The van der Waals surface area contributed by atoms with Crippen molar-refractivity contribution in [3.8, 4) is 0 Å². The van der Waals surface area contributed by atoms with Gasteiger partial charge in [0.05, 0.1) is 0 Å². The summed E-state index contributed by atoms with van der Waals surface area (Å²) in [6, 6.07) is 0. The Kier molecular flexibility index (Phi) is 4.75. The molecule has 0 spiro atoms. The van der Waals surface area contributed by atoms with E-state index in [1.54, 1.807) is 0 Å². The van der Waals surface area contributed by atoms with Gasteiger partial charge in [-0.2, -0.15) is 0 Å². The maximum atomic E-state index is 11.3. The van der Waals surface area contributed by atoms with Crippen LogP contribution in [0, 0.1) is 22.7 Å². The molecule has 4 heteroatoms. The summed E-state index contributed by atoms with van der Waals surface area (Å²) in [5.41, 5.74) is 2.09. The monoisotopic (exact) mass is 334 g/mol. The lowest BCUT2D eigenvalue weighted by atomic mass is 9.47. The third-order valence-electron chi connectivity index (χ3n) is 6.73. The van der Waals surface area contributed by atoms with Gasteiger partial charge in [-0.3, -0.25) is 4.79 Å². The second kappa shape index (κ2) is 6.40. The Morgan fingerprint density at radius 2 is 2.04 bits per heavy atom. The maximum absolute atomic E-state index is 11.3. The van der Waals surface area contributed by atoms with Gasteiger partial charge in [0.25, 0.3) is 0 Å². The third-order valence-corrected chi connectivity index (χ3v) is 6.73. The molecule has 1 N–H and O–H groups in total. The summed E-state index contributed by atoms with van der Waals surface area (Å²) in [5, 5.41) is 9.78. The maximum Gasteiger partial charge on any atom is 0.192 e. The molecule has 0 unspecified atom stereocenters. The lowest BCUT2D eigenvalue weighted by Crippen LogP contribution is -2.52. The van der Waals surface area contributed by atoms with Crippen molar-refractivity contribution in [3.05, 3.63) is 23.8 Å². The molecule has 0 aromatic heterocycles. The summed E-state index contributed by atoms with van der Waals surface area (Å²) in [4.78, 5) is 22.0. The van der Waals surface area contributed by atoms with Crippen molar-refractivity contribution >= 4 is 6.29 Å². The van der Waals surface area contributed by atoms with Crippen LogP contribution in [0.3, 0.4) is 0 Å². The molecule has 0 radical (unpaired) electrons. The number of carbonyl (C=O) groups excluding carboxylic acids is 1. The van der Waals surface area contributed by atoms with Crippen molar-refractivity contribution in [3.63, 3.8) is 0 Å². The molecule has 0 amide bonds. The van der Waals surface area contributed by atoms with E-state index in [-0.39, 0.29) is 23.9 Å². The molecule has 0 aromatic carbocycles. The predicted octanol–water partition coefficient (Wildman–Crippen LogP) is 3.95. The van der Waals surface area contributed by atoms with Crippen LogP contribution in [0.25, 0.3) is 0 Å². The van der Waals surface area contributed by atoms with Crippen LogP contribution in [0.15, 0.2) is 23.8 Å². The highest BCUT2D eigenvalue weighted by Gasteiger charge is 2.55. The van der Waals surface area contributed by atoms with Gasteiger partial charge in [-0.1, -0.05) is 39.3 Å². The number of aliphatic hydroxyl groups excluding tert-OH is 1. The van der Waals surface area contributed by atoms with Crippen molar-refractivity contribution in [1.82, 2.24) is 0 Å². The first-order valence-electron chi connectivity index (χ1n) is 9.11. The van der Waals surface area contributed by atoms with Crippen LogP contribution in [0.4, 0.5) is 0 Å². The molecule has 2 fully saturated rings. The van der Waals surface area contributed by atoms with E-state index in [4.69, 9.17) is 9.78 Å². The predicted molar refractivity (Wildman–Crippen MR) is 91.8 cm³/mol. The smallest absolute Gasteiger partial charge is 0.192 e. The highest BCUT2D eigenvalue weighted by atomic mass is 17.2. The Balaban J connectivity index is 1.97. The average molecular weight is 334 g/mol. The van der Waals surface area contributed by atoms with Gasteiger partial charge >= 0.3 is 0 Å². The Bertz CT molecular complexity index is 550. The Labute approximate surface area is 144 Å². The standard InChI is InChI=1S/C20H30O4/c1-13-6-7-16-19(2,3)8-5-9-20(16,4)18(13)15-10-14(12-21)11-17(22)24-23-15/h10,12,15-18,22H,1,5-9,11H2,2-4H3/t15-,16-,17+,18+,20-/m0/s1. The van der Waals surface area contributed by atoms with Crippen LogP contribution >= 0.6 is 0 Å². The van der Waals surface area contributed by atoms with Crippen LogP contribution < -0.4 is 0 Å². The largest absolute Gasteiger partial charge is 0.365 e. The molecule has 2 aliphatic carbocycles. The van der Waals surface area contributed by atoms with Crippen LogP contribution in [0.2, 0.25) is 0 Å². The van der Waals surface area contributed by atoms with Crippen molar-refractivity contribution in [2.24, 2.45) is 22.7 Å². The summed E-state index contributed by atoms with van der Waals surface area (Å²) in [6.07, 6.45) is 7.10. The molecule has 3 aliphatic rings. The van der Waals surface area contributed by atoms with Crippen LogP contribution in [0.1, 0.15) is 59.3 Å². The minimum atomic E-state index is -1.09. The van der Waals surface area contributed by atoms with E-state index in [1.807, 2.05) is 6.08 Å². The van der Waals surface area contributed by atoms with Crippen LogP contribution in [-0.2, 0) is 14.6 Å². The molecule has 0 saturated heterocycles. The van der Waals surface area contributed by atoms with Crippen molar-refractivity contribution in [2.45, 2.75) is 71.7 Å². The highest BCUT2D eigenvalue weighted by molar-refractivity contribution is 5.73. The fourth-order valence-corrected chi connectivity index (χ4v) is 5.73. The van der Waals surface area contributed by atoms with E-state index in [0.717, 1.165) is 19.1 Å². The number of aldehydes is 1. The topological polar surface area (TPSA) is 55.8 Å². The molecular formula is C20H30O4. The number of fused-ring (bicyclic) bond motifs is 1. The molecular weight excluding hydrogens is 304 g/mol. The Morgan fingerprint density at radius 1 is 1.29 bits per heavy atom. The first-order valence-corrected chi connectivity index (χ1v) is 9.11. The second-order valence-corrected chi connectivity index (χ2v) is 8.75. The molecule has 1 aliphatic heterocycles. The summed E-state index contributed by atoms with van der Waals surface area (Å²) < 4.78 is 0. The fraction of sp³-hybridized carbons (Fsp3) is 0.750. The Morgan fingerprint density at radius 3 is 2.75 bits per heavy atom. The third kappa shape index (κ3) is 3.00. The van der Waals surface area contributed by atoms with Gasteiger partial charge in [-0.25, -0.2) is 9.78 Å². The molecule has 3 rings (SSSR count). The first kappa shape index (κ1) is 17.8. The normalized spacial score (nSPS) is 42.7. The van der Waals surface area contributed by atoms with Gasteiger partial charge in [-0.05, 0) is 54.1 Å². The number of rotatable bonds is 2. The number of carbonyl (C=O) groups is 1. The van der Waals surface area contributed by atoms with Gasteiger partial charge in [0.15, 0.2) is 6.29 Å². The van der Waals surface area contributed by atoms with Crippen molar-refractivity contribution < 1.29 is 19.7 Å². The molecule has 134 valence electrons. The van der Waals surface area contributed by atoms with Crippen LogP contribution in [0.5, 0.6) is 0 Å². The zero-order chi connectivity index (χ0) is 17.5. The zero-order valence-corrected chi connectivity index (χ0v) is 15.1. The quantitative estimate of drug-likeness (QED) is 0.472. The molecule has 2 saturated carbocycles.